The van der Waals surface area contributed by atoms with E-state index in [1.165, 1.54) is 6.92 Å². The zero-order chi connectivity index (χ0) is 14.0. The van der Waals surface area contributed by atoms with Gasteiger partial charge in [0.05, 0.1) is 11.5 Å². The molecule has 1 aliphatic heterocycles. The second-order valence-corrected chi connectivity index (χ2v) is 4.22. The number of nitrogen functional groups attached to an aromatic ring is 1. The maximum atomic E-state index is 11.5. The lowest BCUT2D eigenvalue weighted by Gasteiger charge is -2.20. The highest BCUT2D eigenvalue weighted by atomic mass is 16.6. The van der Waals surface area contributed by atoms with Crippen LogP contribution in [0.25, 0.3) is 0 Å². The fourth-order valence-electron chi connectivity index (χ4n) is 1.99. The molecule has 1 aromatic heterocycles. The van der Waals surface area contributed by atoms with Crippen molar-refractivity contribution in [3.63, 3.8) is 0 Å². The number of hydrogen-bond acceptors (Lipinski definition) is 7. The Morgan fingerprint density at radius 2 is 2.21 bits per heavy atom. The van der Waals surface area contributed by atoms with Crippen molar-refractivity contribution in [2.45, 2.75) is 13.3 Å². The maximum Gasteiger partial charge on any atom is 0.332 e. The number of hydrogen-bond donors (Lipinski definition) is 2. The van der Waals surface area contributed by atoms with Gasteiger partial charge in [0.15, 0.2) is 0 Å². The molecule has 0 bridgehead atoms. The summed E-state index contributed by atoms with van der Waals surface area (Å²) in [6, 6.07) is 0. The number of nitro groups is 1. The summed E-state index contributed by atoms with van der Waals surface area (Å²) in [7, 11) is 0. The van der Waals surface area contributed by atoms with E-state index in [4.69, 9.17) is 5.73 Å². The zero-order valence-electron chi connectivity index (χ0n) is 10.4. The Labute approximate surface area is 109 Å². The van der Waals surface area contributed by atoms with Gasteiger partial charge >= 0.3 is 5.69 Å². The number of rotatable bonds is 2. The number of nitrogens with one attached hydrogen (secondary N) is 1. The van der Waals surface area contributed by atoms with E-state index in [1.54, 1.807) is 4.90 Å². The molecule has 1 aliphatic rings. The minimum Gasteiger partial charge on any atom is -0.368 e. The monoisotopic (exact) mass is 266 g/mol. The SMILES string of the molecule is Cc1nc(N)nc(N2CCCNC(=O)C2)c1[N+](=O)[O-]. The third-order valence-corrected chi connectivity index (χ3v) is 2.80. The molecule has 0 aliphatic carbocycles. The van der Waals surface area contributed by atoms with Gasteiger partial charge in [0.2, 0.25) is 17.7 Å². The number of carbonyl (C=O) groups excluding carboxylic acids is 1. The Bertz CT molecular complexity index is 532. The average Bonchev–Trinajstić information content (AvgIpc) is 2.52. The highest BCUT2D eigenvalue weighted by Gasteiger charge is 2.28. The topological polar surface area (TPSA) is 127 Å². The molecule has 1 saturated heterocycles. The number of nitrogens with zero attached hydrogens (tertiary/aromatic N) is 4. The van der Waals surface area contributed by atoms with Gasteiger partial charge in [-0.2, -0.15) is 4.98 Å². The smallest absolute Gasteiger partial charge is 0.332 e. The molecule has 2 heterocycles. The molecule has 1 amide bonds. The molecule has 102 valence electrons. The Balaban J connectivity index is 2.47. The van der Waals surface area contributed by atoms with E-state index >= 15 is 0 Å². The van der Waals surface area contributed by atoms with E-state index in [-0.39, 0.29) is 35.6 Å². The lowest BCUT2D eigenvalue weighted by atomic mass is 10.3. The molecule has 0 aromatic carbocycles. The van der Waals surface area contributed by atoms with Crippen LogP contribution >= 0.6 is 0 Å². The second kappa shape index (κ2) is 5.04. The Hall–Kier alpha value is -2.45. The molecule has 19 heavy (non-hydrogen) atoms. The van der Waals surface area contributed by atoms with Crippen molar-refractivity contribution in [1.82, 2.24) is 15.3 Å². The third-order valence-electron chi connectivity index (χ3n) is 2.80. The van der Waals surface area contributed by atoms with Gasteiger partial charge < -0.3 is 16.0 Å². The quantitative estimate of drug-likeness (QED) is 0.550. The van der Waals surface area contributed by atoms with E-state index in [2.05, 4.69) is 15.3 Å². The molecule has 0 radical (unpaired) electrons. The van der Waals surface area contributed by atoms with Crippen LogP contribution in [0.3, 0.4) is 0 Å². The van der Waals surface area contributed by atoms with Crippen LogP contribution in [-0.4, -0.2) is 40.4 Å². The van der Waals surface area contributed by atoms with Gasteiger partial charge in [0, 0.05) is 13.1 Å². The summed E-state index contributed by atoms with van der Waals surface area (Å²) in [6.45, 7) is 2.56. The molecular weight excluding hydrogens is 252 g/mol. The van der Waals surface area contributed by atoms with Crippen LogP contribution in [0.5, 0.6) is 0 Å². The predicted octanol–water partition coefficient (Wildman–Crippen LogP) is -0.398. The normalized spacial score (nSPS) is 15.8. The van der Waals surface area contributed by atoms with Gasteiger partial charge in [0.1, 0.15) is 5.69 Å². The first-order valence-corrected chi connectivity index (χ1v) is 5.79. The summed E-state index contributed by atoms with van der Waals surface area (Å²) in [6.07, 6.45) is 0.686. The lowest BCUT2D eigenvalue weighted by Crippen LogP contribution is -2.34. The fourth-order valence-corrected chi connectivity index (χ4v) is 1.99. The third kappa shape index (κ3) is 2.69. The van der Waals surface area contributed by atoms with Gasteiger partial charge in [-0.3, -0.25) is 14.9 Å². The molecule has 0 spiro atoms. The number of aromatic nitrogens is 2. The largest absolute Gasteiger partial charge is 0.368 e. The van der Waals surface area contributed by atoms with Gasteiger partial charge in [-0.15, -0.1) is 0 Å². The molecule has 0 unspecified atom stereocenters. The van der Waals surface area contributed by atoms with Crippen molar-refractivity contribution in [1.29, 1.82) is 0 Å². The zero-order valence-corrected chi connectivity index (χ0v) is 10.4. The van der Waals surface area contributed by atoms with Crippen molar-refractivity contribution >= 4 is 23.4 Å². The summed E-state index contributed by atoms with van der Waals surface area (Å²) in [5.74, 6) is -0.128. The molecule has 1 aromatic rings. The van der Waals surface area contributed by atoms with Gasteiger partial charge in [0.25, 0.3) is 0 Å². The van der Waals surface area contributed by atoms with Crippen molar-refractivity contribution in [2.24, 2.45) is 0 Å². The standard InChI is InChI=1S/C10H14N6O3/c1-6-8(16(18)19)9(14-10(11)13-6)15-4-2-3-12-7(17)5-15/h2-5H2,1H3,(H,12,17)(H2,11,13,14). The summed E-state index contributed by atoms with van der Waals surface area (Å²) in [5.41, 5.74) is 5.52. The number of amides is 1. The fraction of sp³-hybridized carbons (Fsp3) is 0.500. The van der Waals surface area contributed by atoms with Crippen LogP contribution in [0.1, 0.15) is 12.1 Å². The molecule has 9 nitrogen and oxygen atoms in total. The first-order chi connectivity index (χ1) is 8.99. The Morgan fingerprint density at radius 1 is 1.47 bits per heavy atom. The average molecular weight is 266 g/mol. The predicted molar refractivity (Wildman–Crippen MR) is 67.7 cm³/mol. The summed E-state index contributed by atoms with van der Waals surface area (Å²) in [5, 5.41) is 13.8. The number of anilines is 2. The van der Waals surface area contributed by atoms with Crippen LogP contribution < -0.4 is 16.0 Å². The maximum absolute atomic E-state index is 11.5. The Morgan fingerprint density at radius 3 is 2.89 bits per heavy atom. The van der Waals surface area contributed by atoms with Crippen molar-refractivity contribution in [2.75, 3.05) is 30.3 Å². The first-order valence-electron chi connectivity index (χ1n) is 5.79. The number of carbonyl (C=O) groups is 1. The summed E-state index contributed by atoms with van der Waals surface area (Å²) >= 11 is 0. The first kappa shape index (κ1) is 13.0. The molecule has 3 N–H and O–H groups in total. The van der Waals surface area contributed by atoms with Crippen LogP contribution in [0, 0.1) is 17.0 Å². The highest BCUT2D eigenvalue weighted by Crippen LogP contribution is 2.29. The van der Waals surface area contributed by atoms with E-state index in [1.807, 2.05) is 0 Å². The second-order valence-electron chi connectivity index (χ2n) is 4.22. The molecular formula is C10H14N6O3. The van der Waals surface area contributed by atoms with Crippen LogP contribution in [0.4, 0.5) is 17.5 Å². The van der Waals surface area contributed by atoms with Crippen LogP contribution in [0.15, 0.2) is 0 Å². The van der Waals surface area contributed by atoms with E-state index < -0.39 is 4.92 Å². The van der Waals surface area contributed by atoms with Gasteiger partial charge in [-0.05, 0) is 13.3 Å². The summed E-state index contributed by atoms with van der Waals surface area (Å²) < 4.78 is 0. The molecule has 0 saturated carbocycles. The lowest BCUT2D eigenvalue weighted by molar-refractivity contribution is -0.385. The van der Waals surface area contributed by atoms with E-state index in [0.29, 0.717) is 19.5 Å². The van der Waals surface area contributed by atoms with Crippen LogP contribution in [-0.2, 0) is 4.79 Å². The summed E-state index contributed by atoms with van der Waals surface area (Å²) in [4.78, 5) is 31.4. The minimum atomic E-state index is -0.549. The van der Waals surface area contributed by atoms with Crippen molar-refractivity contribution in [3.05, 3.63) is 15.8 Å². The Kier molecular flexibility index (Phi) is 3.45. The molecule has 2 rings (SSSR count). The van der Waals surface area contributed by atoms with Gasteiger partial charge in [-0.1, -0.05) is 0 Å². The van der Waals surface area contributed by atoms with E-state index in [9.17, 15) is 14.9 Å². The highest BCUT2D eigenvalue weighted by molar-refractivity contribution is 5.82. The minimum absolute atomic E-state index is 0.0245. The van der Waals surface area contributed by atoms with Crippen LogP contribution in [0.2, 0.25) is 0 Å². The molecule has 0 atom stereocenters. The molecule has 1 fully saturated rings. The van der Waals surface area contributed by atoms with E-state index in [0.717, 1.165) is 0 Å². The van der Waals surface area contributed by atoms with Crippen molar-refractivity contribution < 1.29 is 9.72 Å². The number of aryl methyl sites for hydroxylation is 1. The van der Waals surface area contributed by atoms with Crippen molar-refractivity contribution in [3.8, 4) is 0 Å². The molecule has 9 heteroatoms. The number of nitrogens with two attached hydrogens (primary N) is 1. The van der Waals surface area contributed by atoms with Gasteiger partial charge in [-0.25, -0.2) is 4.98 Å².